The second kappa shape index (κ2) is 10.8. The van der Waals surface area contributed by atoms with Gasteiger partial charge in [0, 0.05) is 37.3 Å². The van der Waals surface area contributed by atoms with E-state index in [0.29, 0.717) is 19.0 Å². The molecular formula is C19H34IN7O. The highest BCUT2D eigenvalue weighted by atomic mass is 127. The maximum absolute atomic E-state index is 5.82. The molecule has 0 amide bonds. The van der Waals surface area contributed by atoms with Crippen LogP contribution in [0.5, 0.6) is 0 Å². The summed E-state index contributed by atoms with van der Waals surface area (Å²) in [5.74, 6) is 2.23. The van der Waals surface area contributed by atoms with Gasteiger partial charge in [0.2, 0.25) is 5.89 Å². The summed E-state index contributed by atoms with van der Waals surface area (Å²) < 4.78 is 7.64. The molecule has 0 saturated heterocycles. The third-order valence-corrected chi connectivity index (χ3v) is 4.21. The lowest BCUT2D eigenvalue weighted by Gasteiger charge is -2.24. The van der Waals surface area contributed by atoms with Gasteiger partial charge in [-0.05, 0) is 21.0 Å². The quantitative estimate of drug-likeness (QED) is 0.344. The van der Waals surface area contributed by atoms with Crippen molar-refractivity contribution in [2.75, 3.05) is 27.2 Å². The Morgan fingerprint density at radius 3 is 2.50 bits per heavy atom. The van der Waals surface area contributed by atoms with Crippen LogP contribution < -0.4 is 10.6 Å². The molecule has 28 heavy (non-hydrogen) atoms. The predicted molar refractivity (Wildman–Crippen MR) is 123 cm³/mol. The highest BCUT2D eigenvalue weighted by Gasteiger charge is 2.19. The smallest absolute Gasteiger partial charge is 0.216 e. The number of aryl methyl sites for hydroxylation is 1. The zero-order chi connectivity index (χ0) is 20.0. The van der Waals surface area contributed by atoms with Crippen molar-refractivity contribution in [2.45, 2.75) is 45.7 Å². The molecule has 1 unspecified atom stereocenters. The van der Waals surface area contributed by atoms with Crippen LogP contribution in [0.4, 0.5) is 0 Å². The van der Waals surface area contributed by atoms with Gasteiger partial charge in [-0.25, -0.2) is 9.98 Å². The lowest BCUT2D eigenvalue weighted by atomic mass is 9.94. The summed E-state index contributed by atoms with van der Waals surface area (Å²) in [4.78, 5) is 11.1. The van der Waals surface area contributed by atoms with Crippen LogP contribution in [0.25, 0.3) is 0 Å². The number of hydrogen-bond donors (Lipinski definition) is 2. The number of guanidine groups is 1. The molecule has 0 aliphatic carbocycles. The van der Waals surface area contributed by atoms with E-state index in [1.165, 1.54) is 0 Å². The summed E-state index contributed by atoms with van der Waals surface area (Å²) in [6.45, 7) is 10.2. The predicted octanol–water partition coefficient (Wildman–Crippen LogP) is 2.68. The Morgan fingerprint density at radius 2 is 2.00 bits per heavy atom. The van der Waals surface area contributed by atoms with E-state index in [2.05, 4.69) is 65.5 Å². The average Bonchev–Trinajstić information content (AvgIpc) is 3.21. The molecule has 0 aliphatic rings. The standard InChI is InChI=1S/C19H33N7O.HI/c1-8-20-18(23-12-17-21-11-16(27-17)19(2,3)4)22-10-15(25(5)6)14-9-24-26(7)13-14;/h9,11,13,15H,8,10,12H2,1-7H3,(H2,20,22,23);1H. The summed E-state index contributed by atoms with van der Waals surface area (Å²) in [7, 11) is 6.05. The Hall–Kier alpha value is -1.62. The Bertz CT molecular complexity index is 746. The van der Waals surface area contributed by atoms with E-state index in [1.807, 2.05) is 31.0 Å². The first-order valence-corrected chi connectivity index (χ1v) is 9.33. The molecule has 9 heteroatoms. The van der Waals surface area contributed by atoms with Crippen molar-refractivity contribution in [2.24, 2.45) is 12.0 Å². The molecule has 2 rings (SSSR count). The molecular weight excluding hydrogens is 469 g/mol. The van der Waals surface area contributed by atoms with Crippen molar-refractivity contribution in [1.29, 1.82) is 0 Å². The molecule has 2 heterocycles. The van der Waals surface area contributed by atoms with Crippen molar-refractivity contribution < 1.29 is 4.42 Å². The molecule has 158 valence electrons. The second-order valence-corrected chi connectivity index (χ2v) is 7.87. The first-order chi connectivity index (χ1) is 12.7. The van der Waals surface area contributed by atoms with Crippen LogP contribution in [0.3, 0.4) is 0 Å². The van der Waals surface area contributed by atoms with Gasteiger partial charge < -0.3 is 20.0 Å². The van der Waals surface area contributed by atoms with Crippen molar-refractivity contribution >= 4 is 29.9 Å². The van der Waals surface area contributed by atoms with Gasteiger partial charge in [-0.1, -0.05) is 20.8 Å². The van der Waals surface area contributed by atoms with Crippen LogP contribution in [0.1, 0.15) is 51.0 Å². The molecule has 0 fully saturated rings. The Balaban J connectivity index is 0.00000392. The number of aliphatic imine (C=N–C) groups is 1. The third-order valence-electron chi connectivity index (χ3n) is 4.21. The molecule has 2 N–H and O–H groups in total. The molecule has 2 aromatic heterocycles. The summed E-state index contributed by atoms with van der Waals surface area (Å²) >= 11 is 0. The largest absolute Gasteiger partial charge is 0.443 e. The van der Waals surface area contributed by atoms with Crippen LogP contribution in [-0.4, -0.2) is 52.8 Å². The van der Waals surface area contributed by atoms with Crippen LogP contribution in [0.15, 0.2) is 28.0 Å². The first-order valence-electron chi connectivity index (χ1n) is 9.33. The first kappa shape index (κ1) is 24.4. The van der Waals surface area contributed by atoms with Gasteiger partial charge in [-0.3, -0.25) is 4.68 Å². The number of halogens is 1. The minimum atomic E-state index is -0.0552. The SMILES string of the molecule is CCNC(=NCc1ncc(C(C)(C)C)o1)NCC(c1cnn(C)c1)N(C)C.I. The number of hydrogen-bond acceptors (Lipinski definition) is 5. The van der Waals surface area contributed by atoms with Crippen molar-refractivity contribution in [3.05, 3.63) is 35.8 Å². The average molecular weight is 503 g/mol. The number of likely N-dealkylation sites (N-methyl/N-ethyl adjacent to an activating group) is 1. The van der Waals surface area contributed by atoms with Crippen LogP contribution in [0, 0.1) is 0 Å². The number of nitrogens with zero attached hydrogens (tertiary/aromatic N) is 5. The minimum Gasteiger partial charge on any atom is -0.443 e. The van der Waals surface area contributed by atoms with Crippen molar-refractivity contribution in [3.63, 3.8) is 0 Å². The lowest BCUT2D eigenvalue weighted by Crippen LogP contribution is -2.41. The molecule has 0 aliphatic heterocycles. The number of oxazole rings is 1. The Morgan fingerprint density at radius 1 is 1.29 bits per heavy atom. The maximum atomic E-state index is 5.82. The van der Waals surface area contributed by atoms with E-state index >= 15 is 0 Å². The summed E-state index contributed by atoms with van der Waals surface area (Å²) in [6, 6.07) is 0.191. The van der Waals surface area contributed by atoms with E-state index in [0.717, 1.165) is 23.8 Å². The van der Waals surface area contributed by atoms with E-state index in [4.69, 9.17) is 4.42 Å². The van der Waals surface area contributed by atoms with Crippen LogP contribution in [-0.2, 0) is 19.0 Å². The fourth-order valence-corrected chi connectivity index (χ4v) is 2.62. The molecule has 0 saturated carbocycles. The van der Waals surface area contributed by atoms with Crippen molar-refractivity contribution in [1.82, 2.24) is 30.3 Å². The van der Waals surface area contributed by atoms with Gasteiger partial charge in [-0.15, -0.1) is 24.0 Å². The fourth-order valence-electron chi connectivity index (χ4n) is 2.62. The zero-order valence-corrected chi connectivity index (χ0v) is 20.3. The van der Waals surface area contributed by atoms with Crippen molar-refractivity contribution in [3.8, 4) is 0 Å². The Labute approximate surface area is 185 Å². The van der Waals surface area contributed by atoms with Crippen LogP contribution in [0.2, 0.25) is 0 Å². The normalized spacial score (nSPS) is 13.4. The molecule has 0 spiro atoms. The number of nitrogens with one attached hydrogen (secondary N) is 2. The monoisotopic (exact) mass is 503 g/mol. The third kappa shape index (κ3) is 7.08. The van der Waals surface area contributed by atoms with E-state index in [9.17, 15) is 0 Å². The van der Waals surface area contributed by atoms with Crippen LogP contribution >= 0.6 is 24.0 Å². The minimum absolute atomic E-state index is 0. The van der Waals surface area contributed by atoms with E-state index in [-0.39, 0.29) is 35.4 Å². The van der Waals surface area contributed by atoms with Gasteiger partial charge in [0.25, 0.3) is 0 Å². The molecule has 1 atom stereocenters. The van der Waals surface area contributed by atoms with E-state index in [1.54, 1.807) is 6.20 Å². The summed E-state index contributed by atoms with van der Waals surface area (Å²) in [5, 5.41) is 11.0. The second-order valence-electron chi connectivity index (χ2n) is 7.87. The molecule has 0 radical (unpaired) electrons. The highest BCUT2D eigenvalue weighted by Crippen LogP contribution is 2.22. The van der Waals surface area contributed by atoms with Gasteiger partial charge in [-0.2, -0.15) is 5.10 Å². The topological polar surface area (TPSA) is 83.5 Å². The fraction of sp³-hybridized carbons (Fsp3) is 0.632. The zero-order valence-electron chi connectivity index (χ0n) is 18.0. The van der Waals surface area contributed by atoms with Gasteiger partial charge in [0.1, 0.15) is 12.3 Å². The summed E-state index contributed by atoms with van der Waals surface area (Å²) in [5.41, 5.74) is 1.11. The lowest BCUT2D eigenvalue weighted by molar-refractivity contribution is 0.298. The molecule has 2 aromatic rings. The number of rotatable bonds is 7. The molecule has 0 aromatic carbocycles. The molecule has 0 bridgehead atoms. The summed E-state index contributed by atoms with van der Waals surface area (Å²) in [6.07, 6.45) is 5.73. The van der Waals surface area contributed by atoms with Gasteiger partial charge in [0.05, 0.1) is 18.4 Å². The molecule has 8 nitrogen and oxygen atoms in total. The highest BCUT2D eigenvalue weighted by molar-refractivity contribution is 14.0. The Kier molecular flexibility index (Phi) is 9.42. The maximum Gasteiger partial charge on any atom is 0.216 e. The number of aromatic nitrogens is 3. The van der Waals surface area contributed by atoms with Gasteiger partial charge >= 0.3 is 0 Å². The van der Waals surface area contributed by atoms with E-state index < -0.39 is 0 Å². The van der Waals surface area contributed by atoms with Gasteiger partial charge in [0.15, 0.2) is 5.96 Å².